The summed E-state index contributed by atoms with van der Waals surface area (Å²) in [6.45, 7) is 3.92. The van der Waals surface area contributed by atoms with Gasteiger partial charge < -0.3 is 10.1 Å². The minimum atomic E-state index is -0.275. The van der Waals surface area contributed by atoms with Gasteiger partial charge in [0.2, 0.25) is 0 Å². The maximum Gasteiger partial charge on any atom is 0.287 e. The van der Waals surface area contributed by atoms with Crippen molar-refractivity contribution < 1.29 is 4.74 Å². The number of nitrogens with zero attached hydrogens (tertiary/aromatic N) is 2. The molecule has 0 radical (unpaired) electrons. The molecule has 2 atom stereocenters. The van der Waals surface area contributed by atoms with Gasteiger partial charge in [0, 0.05) is 13.7 Å². The standard InChI is InChI=1S/C12H18ClN3O2/c1-8-5-9(8)6-14-10-7-15-16(3-4-18-2)12(17)11(10)13/h7-9,14H,3-6H2,1-2H3. The molecule has 1 saturated carbocycles. The van der Waals surface area contributed by atoms with Crippen molar-refractivity contribution >= 4 is 17.3 Å². The Bertz CT molecular complexity index is 475. The normalized spacial score (nSPS) is 21.9. The topological polar surface area (TPSA) is 56.1 Å². The Labute approximate surface area is 111 Å². The predicted molar refractivity (Wildman–Crippen MR) is 71.1 cm³/mol. The number of methoxy groups -OCH3 is 1. The van der Waals surface area contributed by atoms with E-state index < -0.39 is 0 Å². The van der Waals surface area contributed by atoms with Crippen molar-refractivity contribution in [2.45, 2.75) is 19.9 Å². The van der Waals surface area contributed by atoms with Gasteiger partial charge in [0.05, 0.1) is 25.0 Å². The lowest BCUT2D eigenvalue weighted by Gasteiger charge is -2.09. The Hall–Kier alpha value is -1.07. The number of anilines is 1. The zero-order valence-electron chi connectivity index (χ0n) is 10.6. The minimum Gasteiger partial charge on any atom is -0.383 e. The molecule has 2 rings (SSSR count). The molecule has 2 unspecified atom stereocenters. The minimum absolute atomic E-state index is 0.203. The highest BCUT2D eigenvalue weighted by Crippen LogP contribution is 2.37. The summed E-state index contributed by atoms with van der Waals surface area (Å²) in [6.07, 6.45) is 2.84. The van der Waals surface area contributed by atoms with E-state index in [9.17, 15) is 4.79 Å². The Morgan fingerprint density at radius 2 is 2.39 bits per heavy atom. The van der Waals surface area contributed by atoms with E-state index in [4.69, 9.17) is 16.3 Å². The number of hydrogen-bond acceptors (Lipinski definition) is 4. The molecule has 18 heavy (non-hydrogen) atoms. The fourth-order valence-electron chi connectivity index (χ4n) is 1.85. The molecule has 0 saturated heterocycles. The van der Waals surface area contributed by atoms with Crippen LogP contribution in [0.15, 0.2) is 11.0 Å². The van der Waals surface area contributed by atoms with Gasteiger partial charge in [-0.2, -0.15) is 5.10 Å². The van der Waals surface area contributed by atoms with E-state index in [1.54, 1.807) is 13.3 Å². The van der Waals surface area contributed by atoms with E-state index in [2.05, 4.69) is 17.3 Å². The molecular weight excluding hydrogens is 254 g/mol. The number of hydrogen-bond donors (Lipinski definition) is 1. The fraction of sp³-hybridized carbons (Fsp3) is 0.667. The van der Waals surface area contributed by atoms with Gasteiger partial charge >= 0.3 is 0 Å². The average Bonchev–Trinajstić information content (AvgIpc) is 3.06. The highest BCUT2D eigenvalue weighted by Gasteiger charge is 2.32. The molecule has 1 aromatic heterocycles. The van der Waals surface area contributed by atoms with Gasteiger partial charge in [-0.3, -0.25) is 4.79 Å². The van der Waals surface area contributed by atoms with Crippen LogP contribution >= 0.6 is 11.6 Å². The van der Waals surface area contributed by atoms with E-state index in [1.807, 2.05) is 0 Å². The van der Waals surface area contributed by atoms with Crippen molar-refractivity contribution in [3.8, 4) is 0 Å². The van der Waals surface area contributed by atoms with Gasteiger partial charge in [0.25, 0.3) is 5.56 Å². The van der Waals surface area contributed by atoms with E-state index in [0.717, 1.165) is 12.5 Å². The van der Waals surface area contributed by atoms with Crippen molar-refractivity contribution in [1.29, 1.82) is 0 Å². The van der Waals surface area contributed by atoms with Crippen LogP contribution in [0.1, 0.15) is 13.3 Å². The highest BCUT2D eigenvalue weighted by atomic mass is 35.5. The third-order valence-corrected chi connectivity index (χ3v) is 3.69. The van der Waals surface area contributed by atoms with E-state index in [-0.39, 0.29) is 10.6 Å². The van der Waals surface area contributed by atoms with Crippen molar-refractivity contribution in [3.63, 3.8) is 0 Å². The second-order valence-corrected chi connectivity index (χ2v) is 5.13. The predicted octanol–water partition coefficient (Wildman–Crippen LogP) is 1.61. The second kappa shape index (κ2) is 5.71. The Morgan fingerprint density at radius 3 is 3.00 bits per heavy atom. The van der Waals surface area contributed by atoms with Crippen LogP contribution in [0.3, 0.4) is 0 Å². The molecule has 1 fully saturated rings. The molecule has 100 valence electrons. The van der Waals surface area contributed by atoms with Crippen molar-refractivity contribution in [2.75, 3.05) is 25.6 Å². The summed E-state index contributed by atoms with van der Waals surface area (Å²) >= 11 is 6.04. The number of aromatic nitrogens is 2. The molecule has 1 N–H and O–H groups in total. The second-order valence-electron chi connectivity index (χ2n) is 4.75. The monoisotopic (exact) mass is 271 g/mol. The third-order valence-electron chi connectivity index (χ3n) is 3.32. The lowest BCUT2D eigenvalue weighted by molar-refractivity contribution is 0.182. The van der Waals surface area contributed by atoms with Crippen molar-refractivity contribution in [3.05, 3.63) is 21.6 Å². The van der Waals surface area contributed by atoms with Crippen LogP contribution < -0.4 is 10.9 Å². The number of ether oxygens (including phenoxy) is 1. The maximum atomic E-state index is 11.9. The molecule has 5 nitrogen and oxygen atoms in total. The first-order chi connectivity index (χ1) is 8.63. The quantitative estimate of drug-likeness (QED) is 0.854. The van der Waals surface area contributed by atoms with E-state index in [1.165, 1.54) is 11.1 Å². The van der Waals surface area contributed by atoms with Gasteiger partial charge in [-0.1, -0.05) is 18.5 Å². The number of nitrogens with one attached hydrogen (secondary N) is 1. The summed E-state index contributed by atoms with van der Waals surface area (Å²) in [5, 5.41) is 7.46. The lowest BCUT2D eigenvalue weighted by Crippen LogP contribution is -2.26. The number of halogens is 1. The molecule has 0 bridgehead atoms. The maximum absolute atomic E-state index is 11.9. The molecule has 6 heteroatoms. The van der Waals surface area contributed by atoms with Crippen molar-refractivity contribution in [1.82, 2.24) is 9.78 Å². The zero-order chi connectivity index (χ0) is 13.1. The lowest BCUT2D eigenvalue weighted by atomic mass is 10.3. The Kier molecular flexibility index (Phi) is 4.24. The van der Waals surface area contributed by atoms with Crippen LogP contribution in [0.25, 0.3) is 0 Å². The molecule has 1 aromatic rings. The van der Waals surface area contributed by atoms with E-state index >= 15 is 0 Å². The molecule has 0 aliphatic heterocycles. The molecular formula is C12H18ClN3O2. The Morgan fingerprint density at radius 1 is 1.67 bits per heavy atom. The molecule has 1 heterocycles. The van der Waals surface area contributed by atoms with Crippen LogP contribution in [0.4, 0.5) is 5.69 Å². The average molecular weight is 272 g/mol. The molecule has 1 aliphatic carbocycles. The summed E-state index contributed by atoms with van der Waals surface area (Å²) in [5.74, 6) is 1.46. The first-order valence-corrected chi connectivity index (χ1v) is 6.49. The van der Waals surface area contributed by atoms with Gasteiger partial charge in [-0.15, -0.1) is 0 Å². The largest absolute Gasteiger partial charge is 0.383 e. The van der Waals surface area contributed by atoms with Crippen LogP contribution in [-0.4, -0.2) is 30.0 Å². The highest BCUT2D eigenvalue weighted by molar-refractivity contribution is 6.32. The fourth-order valence-corrected chi connectivity index (χ4v) is 2.06. The van der Waals surface area contributed by atoms with E-state index in [0.29, 0.717) is 24.8 Å². The van der Waals surface area contributed by atoms with Gasteiger partial charge in [-0.05, 0) is 18.3 Å². The summed E-state index contributed by atoms with van der Waals surface area (Å²) in [5.41, 5.74) is 0.344. The summed E-state index contributed by atoms with van der Waals surface area (Å²) < 4.78 is 6.23. The summed E-state index contributed by atoms with van der Waals surface area (Å²) in [4.78, 5) is 11.9. The first-order valence-electron chi connectivity index (χ1n) is 6.12. The van der Waals surface area contributed by atoms with Crippen LogP contribution in [0, 0.1) is 11.8 Å². The SMILES string of the molecule is COCCn1ncc(NCC2CC2C)c(Cl)c1=O. The van der Waals surface area contributed by atoms with Gasteiger partial charge in [-0.25, -0.2) is 4.68 Å². The van der Waals surface area contributed by atoms with Crippen molar-refractivity contribution in [2.24, 2.45) is 11.8 Å². The molecule has 0 amide bonds. The third kappa shape index (κ3) is 3.03. The van der Waals surface area contributed by atoms with Gasteiger partial charge in [0.15, 0.2) is 0 Å². The van der Waals surface area contributed by atoms with Crippen LogP contribution in [-0.2, 0) is 11.3 Å². The van der Waals surface area contributed by atoms with Crippen LogP contribution in [0.2, 0.25) is 5.02 Å². The van der Waals surface area contributed by atoms with Gasteiger partial charge in [0.1, 0.15) is 5.02 Å². The molecule has 0 spiro atoms. The molecule has 1 aliphatic rings. The Balaban J connectivity index is 2.03. The molecule has 0 aromatic carbocycles. The smallest absolute Gasteiger partial charge is 0.287 e. The zero-order valence-corrected chi connectivity index (χ0v) is 11.4. The summed E-state index contributed by atoms with van der Waals surface area (Å²) in [6, 6.07) is 0. The summed E-state index contributed by atoms with van der Waals surface area (Å²) in [7, 11) is 1.58. The number of rotatable bonds is 6. The van der Waals surface area contributed by atoms with Crippen LogP contribution in [0.5, 0.6) is 0 Å². The first kappa shape index (κ1) is 13.4.